The molecule has 0 radical (unpaired) electrons. The predicted octanol–water partition coefficient (Wildman–Crippen LogP) is 5.30. The van der Waals surface area contributed by atoms with Gasteiger partial charge in [0.15, 0.2) is 0 Å². The Labute approximate surface area is 299 Å². The summed E-state index contributed by atoms with van der Waals surface area (Å²) in [6, 6.07) is 22.3. The number of carbonyl (C=O) groups excluding carboxylic acids is 1. The third-order valence-electron chi connectivity index (χ3n) is 9.13. The first-order chi connectivity index (χ1) is 24.7. The van der Waals surface area contributed by atoms with Gasteiger partial charge in [-0.05, 0) is 60.6 Å². The van der Waals surface area contributed by atoms with Crippen molar-refractivity contribution in [3.8, 4) is 23.5 Å². The molecule has 5 aromatic rings. The van der Waals surface area contributed by atoms with Crippen molar-refractivity contribution in [3.63, 3.8) is 0 Å². The standard InChI is InChI=1S/C37H39FN8O4S/c1-5-44-17-19-45(20-18-44)23-31-33(48)46(34(51-31)24-9-8-10-25(38)21-24)26-13-15-27(16-14-26)49-36-39-35(42(2)3)40-37(41-36)50-30-22-32(47)43(4)29-12-7-6-11-28(29)30/h6-16,21-22,31,34H,5,17-20,23H2,1-4H3. The Morgan fingerprint density at radius 3 is 2.27 bits per heavy atom. The van der Waals surface area contributed by atoms with E-state index in [0.29, 0.717) is 35.2 Å². The quantitative estimate of drug-likeness (QED) is 0.189. The van der Waals surface area contributed by atoms with Crippen molar-refractivity contribution in [2.45, 2.75) is 17.5 Å². The van der Waals surface area contributed by atoms with Gasteiger partial charge in [0.1, 0.15) is 22.7 Å². The largest absolute Gasteiger partial charge is 0.424 e. The number of nitrogens with zero attached hydrogens (tertiary/aromatic N) is 8. The minimum absolute atomic E-state index is 0.0148. The zero-order chi connectivity index (χ0) is 35.6. The fourth-order valence-corrected chi connectivity index (χ4v) is 7.79. The van der Waals surface area contributed by atoms with Crippen LogP contribution in [0.15, 0.2) is 83.7 Å². The maximum absolute atomic E-state index is 14.4. The van der Waals surface area contributed by atoms with E-state index in [-0.39, 0.29) is 34.6 Å². The van der Waals surface area contributed by atoms with Crippen molar-refractivity contribution in [3.05, 3.63) is 101 Å². The van der Waals surface area contributed by atoms with Crippen molar-refractivity contribution >= 4 is 40.2 Å². The molecular formula is C37H39FN8O4S. The Hall–Kier alpha value is -5.05. The topological polar surface area (TPSA) is 109 Å². The number of thioether (sulfide) groups is 1. The molecule has 2 atom stereocenters. The van der Waals surface area contributed by atoms with Crippen LogP contribution in [0, 0.1) is 5.82 Å². The Bertz CT molecular complexity index is 2110. The highest BCUT2D eigenvalue weighted by molar-refractivity contribution is 8.01. The molecule has 2 aromatic heterocycles. The fraction of sp³-hybridized carbons (Fsp3) is 0.324. The molecule has 264 valence electrons. The number of likely N-dealkylation sites (N-methyl/N-ethyl adjacent to an activating group) is 1. The summed E-state index contributed by atoms with van der Waals surface area (Å²) in [5.41, 5.74) is 1.86. The second-order valence-corrected chi connectivity index (χ2v) is 14.0. The molecule has 1 amide bonds. The number of halogens is 1. The van der Waals surface area contributed by atoms with Crippen LogP contribution in [-0.2, 0) is 11.8 Å². The summed E-state index contributed by atoms with van der Waals surface area (Å²) in [5.74, 6) is 0.664. The van der Waals surface area contributed by atoms with Gasteiger partial charge >= 0.3 is 12.0 Å². The number of anilines is 2. The summed E-state index contributed by atoms with van der Waals surface area (Å²) in [6.07, 6.45) is 0. The molecule has 4 heterocycles. The van der Waals surface area contributed by atoms with Crippen molar-refractivity contribution in [1.29, 1.82) is 0 Å². The van der Waals surface area contributed by atoms with Crippen molar-refractivity contribution in [2.24, 2.45) is 7.05 Å². The van der Waals surface area contributed by atoms with E-state index >= 15 is 0 Å². The summed E-state index contributed by atoms with van der Waals surface area (Å²) in [5, 5.41) is 0.0352. The number of piperazine rings is 1. The van der Waals surface area contributed by atoms with Gasteiger partial charge in [-0.25, -0.2) is 4.39 Å². The summed E-state index contributed by atoms with van der Waals surface area (Å²) in [7, 11) is 5.26. The number of aromatic nitrogens is 4. The Balaban J connectivity index is 1.13. The Kier molecular flexibility index (Phi) is 9.89. The van der Waals surface area contributed by atoms with Crippen LogP contribution in [0.25, 0.3) is 10.9 Å². The number of pyridine rings is 1. The zero-order valence-corrected chi connectivity index (χ0v) is 29.7. The first-order valence-corrected chi connectivity index (χ1v) is 17.8. The lowest BCUT2D eigenvalue weighted by atomic mass is 10.1. The monoisotopic (exact) mass is 710 g/mol. The molecule has 0 aliphatic carbocycles. The van der Waals surface area contributed by atoms with Crippen LogP contribution in [0.2, 0.25) is 0 Å². The second kappa shape index (κ2) is 14.7. The van der Waals surface area contributed by atoms with Gasteiger partial charge in [-0.1, -0.05) is 31.2 Å². The molecule has 2 saturated heterocycles. The molecule has 0 spiro atoms. The molecule has 7 rings (SSSR count). The number of rotatable bonds is 10. The minimum atomic E-state index is -0.390. The summed E-state index contributed by atoms with van der Waals surface area (Å²) >= 11 is 1.56. The van der Waals surface area contributed by atoms with E-state index in [0.717, 1.165) is 43.7 Å². The van der Waals surface area contributed by atoms with E-state index in [1.165, 1.54) is 18.2 Å². The van der Waals surface area contributed by atoms with Gasteiger partial charge in [0.05, 0.1) is 10.8 Å². The molecule has 2 aliphatic heterocycles. The van der Waals surface area contributed by atoms with E-state index in [1.54, 1.807) is 77.6 Å². The van der Waals surface area contributed by atoms with Gasteiger partial charge in [0.25, 0.3) is 5.56 Å². The number of amides is 1. The highest BCUT2D eigenvalue weighted by atomic mass is 32.2. The average molecular weight is 711 g/mol. The number of aryl methyl sites for hydroxylation is 1. The molecular weight excluding hydrogens is 672 g/mol. The molecule has 0 saturated carbocycles. The lowest BCUT2D eigenvalue weighted by Gasteiger charge is -2.34. The lowest BCUT2D eigenvalue weighted by Crippen LogP contribution is -2.49. The molecule has 3 aromatic carbocycles. The van der Waals surface area contributed by atoms with Crippen LogP contribution in [0.3, 0.4) is 0 Å². The number of para-hydroxylation sites is 1. The van der Waals surface area contributed by atoms with Gasteiger partial charge in [-0.3, -0.25) is 19.4 Å². The maximum atomic E-state index is 14.4. The van der Waals surface area contributed by atoms with Crippen LogP contribution in [-0.4, -0.2) is 93.8 Å². The van der Waals surface area contributed by atoms with E-state index < -0.39 is 5.37 Å². The number of hydrogen-bond donors (Lipinski definition) is 0. The molecule has 0 bridgehead atoms. The van der Waals surface area contributed by atoms with Gasteiger partial charge in [-0.15, -0.1) is 16.7 Å². The van der Waals surface area contributed by atoms with Gasteiger partial charge in [-0.2, -0.15) is 9.97 Å². The fourth-order valence-electron chi connectivity index (χ4n) is 6.30. The SMILES string of the molecule is CCN1CCN(CC2SC(c3cccc(F)c3)N(c3ccc(Oc4nc(Oc5cc(=O)n(C)c6ccccc56)nc(N(C)C)n4)cc3)C2=O)CC1. The maximum Gasteiger partial charge on any atom is 0.330 e. The minimum Gasteiger partial charge on any atom is -0.424 e. The predicted molar refractivity (Wildman–Crippen MR) is 196 cm³/mol. The number of fused-ring (bicyclic) bond motifs is 1. The van der Waals surface area contributed by atoms with Crippen LogP contribution in [0.4, 0.5) is 16.0 Å². The molecule has 2 unspecified atom stereocenters. The van der Waals surface area contributed by atoms with E-state index in [9.17, 15) is 14.0 Å². The molecule has 12 nitrogen and oxygen atoms in total. The Morgan fingerprint density at radius 1 is 0.863 bits per heavy atom. The second-order valence-electron chi connectivity index (χ2n) is 12.7. The van der Waals surface area contributed by atoms with E-state index in [2.05, 4.69) is 31.7 Å². The first-order valence-electron chi connectivity index (χ1n) is 16.8. The van der Waals surface area contributed by atoms with E-state index in [4.69, 9.17) is 9.47 Å². The molecule has 51 heavy (non-hydrogen) atoms. The zero-order valence-electron chi connectivity index (χ0n) is 28.9. The number of hydrogen-bond acceptors (Lipinski definition) is 11. The average Bonchev–Trinajstić information content (AvgIpc) is 3.46. The van der Waals surface area contributed by atoms with Gasteiger partial charge in [0.2, 0.25) is 11.9 Å². The molecule has 14 heteroatoms. The number of benzene rings is 3. The highest BCUT2D eigenvalue weighted by Gasteiger charge is 2.43. The molecule has 2 aliphatic rings. The first kappa shape index (κ1) is 34.4. The molecule has 2 fully saturated rings. The summed E-state index contributed by atoms with van der Waals surface area (Å²) in [6.45, 7) is 7.61. The van der Waals surface area contributed by atoms with E-state index in [1.807, 2.05) is 30.3 Å². The van der Waals surface area contributed by atoms with Crippen LogP contribution in [0.5, 0.6) is 23.5 Å². The third kappa shape index (κ3) is 7.39. The third-order valence-corrected chi connectivity index (χ3v) is 10.6. The Morgan fingerprint density at radius 2 is 1.57 bits per heavy atom. The highest BCUT2D eigenvalue weighted by Crippen LogP contribution is 2.46. The van der Waals surface area contributed by atoms with Gasteiger partial charge in [0, 0.05) is 71.0 Å². The van der Waals surface area contributed by atoms with Crippen molar-refractivity contribution < 1.29 is 18.7 Å². The van der Waals surface area contributed by atoms with Gasteiger partial charge < -0.3 is 23.8 Å². The number of ether oxygens (including phenoxy) is 2. The van der Waals surface area contributed by atoms with Crippen LogP contribution >= 0.6 is 11.8 Å². The van der Waals surface area contributed by atoms with Crippen molar-refractivity contribution in [2.75, 3.05) is 63.2 Å². The normalized spacial score (nSPS) is 18.4. The molecule has 0 N–H and O–H groups in total. The van der Waals surface area contributed by atoms with Crippen LogP contribution in [0.1, 0.15) is 17.9 Å². The lowest BCUT2D eigenvalue weighted by molar-refractivity contribution is -0.118. The van der Waals surface area contributed by atoms with Crippen LogP contribution < -0.4 is 24.8 Å². The summed E-state index contributed by atoms with van der Waals surface area (Å²) < 4.78 is 28.1. The summed E-state index contributed by atoms with van der Waals surface area (Å²) in [4.78, 5) is 48.1. The number of carbonyl (C=O) groups is 1. The smallest absolute Gasteiger partial charge is 0.330 e. The van der Waals surface area contributed by atoms with Crippen molar-refractivity contribution in [1.82, 2.24) is 29.3 Å².